The summed E-state index contributed by atoms with van der Waals surface area (Å²) in [5.74, 6) is -0.0957. The van der Waals surface area contributed by atoms with Crippen LogP contribution in [0.4, 0.5) is 5.95 Å². The van der Waals surface area contributed by atoms with Crippen molar-refractivity contribution in [1.29, 1.82) is 0 Å². The maximum absolute atomic E-state index is 13.2. The average Bonchev–Trinajstić information content (AvgIpc) is 3.53. The molecule has 0 unspecified atom stereocenters. The summed E-state index contributed by atoms with van der Waals surface area (Å²) < 4.78 is 3.25. The number of anilines is 1. The van der Waals surface area contributed by atoms with Gasteiger partial charge in [0.2, 0.25) is 5.95 Å². The molecule has 0 radical (unpaired) electrons. The number of benzene rings is 2. The number of para-hydroxylation sites is 1. The van der Waals surface area contributed by atoms with Gasteiger partial charge in [0.05, 0.1) is 27.9 Å². The van der Waals surface area contributed by atoms with E-state index in [-0.39, 0.29) is 17.4 Å². The molecule has 1 amide bonds. The molecule has 0 saturated heterocycles. The van der Waals surface area contributed by atoms with E-state index in [1.165, 1.54) is 15.9 Å². The Bertz CT molecular complexity index is 1510. The second-order valence-electron chi connectivity index (χ2n) is 7.63. The lowest BCUT2D eigenvalue weighted by Gasteiger charge is -2.13. The molecule has 5 rings (SSSR count). The minimum Gasteiger partial charge on any atom is -0.277 e. The van der Waals surface area contributed by atoms with Crippen LogP contribution in [-0.2, 0) is 13.1 Å². The van der Waals surface area contributed by atoms with Crippen LogP contribution in [0.1, 0.15) is 22.8 Å². The molecule has 3 heterocycles. The molecule has 170 valence electrons. The van der Waals surface area contributed by atoms with Crippen LogP contribution in [0.5, 0.6) is 0 Å². The smallest absolute Gasteiger partial charge is 0.273 e. The van der Waals surface area contributed by atoms with E-state index in [4.69, 9.17) is 0 Å². The summed E-state index contributed by atoms with van der Waals surface area (Å²) >= 11 is 1.52. The Hall–Kier alpha value is -4.24. The van der Waals surface area contributed by atoms with Crippen LogP contribution in [0.15, 0.2) is 83.1 Å². The van der Waals surface area contributed by atoms with Crippen molar-refractivity contribution in [2.24, 2.45) is 0 Å². The lowest BCUT2D eigenvalue weighted by Crippen LogP contribution is -2.34. The Kier molecular flexibility index (Phi) is 5.92. The lowest BCUT2D eigenvalue weighted by atomic mass is 10.2. The van der Waals surface area contributed by atoms with Crippen LogP contribution >= 0.6 is 11.3 Å². The number of carbonyl (C=O) groups is 1. The van der Waals surface area contributed by atoms with Gasteiger partial charge in [0, 0.05) is 12.7 Å². The molecule has 9 heteroatoms. The van der Waals surface area contributed by atoms with Crippen LogP contribution in [0.2, 0.25) is 0 Å². The molecule has 3 aromatic heterocycles. The third-order valence-electron chi connectivity index (χ3n) is 5.41. The van der Waals surface area contributed by atoms with E-state index in [1.807, 2.05) is 60.8 Å². The van der Waals surface area contributed by atoms with E-state index in [1.54, 1.807) is 29.1 Å². The first-order chi connectivity index (χ1) is 16.6. The Morgan fingerprint density at radius 2 is 1.82 bits per heavy atom. The lowest BCUT2D eigenvalue weighted by molar-refractivity contribution is 0.0962. The van der Waals surface area contributed by atoms with Crippen LogP contribution in [-0.4, -0.2) is 25.2 Å². The molecule has 8 nitrogen and oxygen atoms in total. The highest BCUT2D eigenvalue weighted by atomic mass is 32.1. The maximum Gasteiger partial charge on any atom is 0.273 e. The number of hydrogen-bond donors (Lipinski definition) is 2. The summed E-state index contributed by atoms with van der Waals surface area (Å²) in [6.07, 6.45) is 1.74. The molecule has 5 aromatic rings. The third-order valence-corrected chi connectivity index (χ3v) is 6.29. The summed E-state index contributed by atoms with van der Waals surface area (Å²) in [6, 6.07) is 20.9. The first kappa shape index (κ1) is 21.6. The minimum absolute atomic E-state index is 0.167. The minimum atomic E-state index is -0.368. The quantitative estimate of drug-likeness (QED) is 0.349. The maximum atomic E-state index is 13.2. The molecule has 2 N–H and O–H groups in total. The number of fused-ring (bicyclic) bond motifs is 1. The Balaban J connectivity index is 1.44. The summed E-state index contributed by atoms with van der Waals surface area (Å²) in [4.78, 5) is 31.5. The summed E-state index contributed by atoms with van der Waals surface area (Å²) in [7, 11) is 0. The van der Waals surface area contributed by atoms with Crippen molar-refractivity contribution in [2.75, 3.05) is 5.43 Å². The topological polar surface area (TPSA) is 93.8 Å². The van der Waals surface area contributed by atoms with Gasteiger partial charge in [0.25, 0.3) is 11.5 Å². The highest BCUT2D eigenvalue weighted by Crippen LogP contribution is 2.27. The number of aromatic nitrogens is 4. The summed E-state index contributed by atoms with van der Waals surface area (Å²) in [5, 5.41) is 7.16. The molecule has 0 aliphatic rings. The standard InChI is InChI=1S/C25H22N6O2S/c1-2-31-24(33)18-11-6-7-12-20(18)26-25(31)28-27-23(32)19-16-30(15-17-9-4-3-5-10-17)29-22(19)21-13-8-14-34-21/h3-14,16H,2,15H2,1H3,(H,26,28)(H,27,32). The zero-order valence-electron chi connectivity index (χ0n) is 18.4. The number of hydrazine groups is 1. The van der Waals surface area contributed by atoms with Gasteiger partial charge in [-0.05, 0) is 36.1 Å². The predicted octanol–water partition coefficient (Wildman–Crippen LogP) is 4.15. The van der Waals surface area contributed by atoms with Gasteiger partial charge in [0.1, 0.15) is 5.69 Å². The van der Waals surface area contributed by atoms with Crippen molar-refractivity contribution in [1.82, 2.24) is 24.8 Å². The fourth-order valence-corrected chi connectivity index (χ4v) is 4.49. The van der Waals surface area contributed by atoms with Crippen molar-refractivity contribution in [3.63, 3.8) is 0 Å². The fourth-order valence-electron chi connectivity index (χ4n) is 3.77. The molecule has 0 saturated carbocycles. The molecular weight excluding hydrogens is 448 g/mol. The molecule has 2 aromatic carbocycles. The number of hydrogen-bond acceptors (Lipinski definition) is 6. The Morgan fingerprint density at radius 1 is 1.03 bits per heavy atom. The molecule has 0 bridgehead atoms. The molecule has 0 aliphatic carbocycles. The zero-order chi connectivity index (χ0) is 23.5. The van der Waals surface area contributed by atoms with Gasteiger partial charge in [-0.3, -0.25) is 29.7 Å². The first-order valence-corrected chi connectivity index (χ1v) is 11.7. The van der Waals surface area contributed by atoms with E-state index in [0.29, 0.717) is 35.2 Å². The predicted molar refractivity (Wildman–Crippen MR) is 134 cm³/mol. The van der Waals surface area contributed by atoms with Gasteiger partial charge in [-0.15, -0.1) is 11.3 Å². The van der Waals surface area contributed by atoms with Crippen LogP contribution < -0.4 is 16.4 Å². The highest BCUT2D eigenvalue weighted by Gasteiger charge is 2.20. The number of carbonyl (C=O) groups excluding carboxylic acids is 1. The second kappa shape index (κ2) is 9.32. The van der Waals surface area contributed by atoms with Crippen LogP contribution in [0.3, 0.4) is 0 Å². The fraction of sp³-hybridized carbons (Fsp3) is 0.120. The molecule has 0 aliphatic heterocycles. The van der Waals surface area contributed by atoms with Gasteiger partial charge in [0.15, 0.2) is 0 Å². The van der Waals surface area contributed by atoms with E-state index < -0.39 is 0 Å². The summed E-state index contributed by atoms with van der Waals surface area (Å²) in [6.45, 7) is 2.80. The number of rotatable bonds is 7. The van der Waals surface area contributed by atoms with E-state index >= 15 is 0 Å². The number of nitrogens with one attached hydrogen (secondary N) is 2. The van der Waals surface area contributed by atoms with Crippen molar-refractivity contribution < 1.29 is 4.79 Å². The van der Waals surface area contributed by atoms with Gasteiger partial charge < -0.3 is 0 Å². The average molecular weight is 471 g/mol. The number of thiophene rings is 1. The van der Waals surface area contributed by atoms with E-state index in [2.05, 4.69) is 20.9 Å². The number of amides is 1. The van der Waals surface area contributed by atoms with Crippen molar-refractivity contribution in [3.8, 4) is 10.6 Å². The Labute approximate surface area is 199 Å². The van der Waals surface area contributed by atoms with Gasteiger partial charge in [-0.25, -0.2) is 4.98 Å². The second-order valence-corrected chi connectivity index (χ2v) is 8.58. The van der Waals surface area contributed by atoms with Gasteiger partial charge >= 0.3 is 0 Å². The van der Waals surface area contributed by atoms with E-state index in [9.17, 15) is 9.59 Å². The normalized spacial score (nSPS) is 11.0. The van der Waals surface area contributed by atoms with Crippen molar-refractivity contribution in [2.45, 2.75) is 20.0 Å². The van der Waals surface area contributed by atoms with Gasteiger partial charge in [-0.1, -0.05) is 48.5 Å². The molecule has 0 fully saturated rings. The molecular formula is C25H22N6O2S. The summed E-state index contributed by atoms with van der Waals surface area (Å²) in [5.41, 5.74) is 8.05. The van der Waals surface area contributed by atoms with Gasteiger partial charge in [-0.2, -0.15) is 5.10 Å². The van der Waals surface area contributed by atoms with Crippen LogP contribution in [0.25, 0.3) is 21.5 Å². The molecule has 0 spiro atoms. The van der Waals surface area contributed by atoms with Crippen LogP contribution in [0, 0.1) is 0 Å². The van der Waals surface area contributed by atoms with E-state index in [0.717, 1.165) is 10.4 Å². The first-order valence-electron chi connectivity index (χ1n) is 10.8. The number of nitrogens with zero attached hydrogens (tertiary/aromatic N) is 4. The highest BCUT2D eigenvalue weighted by molar-refractivity contribution is 7.13. The SMILES string of the molecule is CCn1c(NNC(=O)c2cn(Cc3ccccc3)nc2-c2cccs2)nc2ccccc2c1=O. The Morgan fingerprint density at radius 3 is 2.59 bits per heavy atom. The molecule has 34 heavy (non-hydrogen) atoms. The third kappa shape index (κ3) is 4.20. The zero-order valence-corrected chi connectivity index (χ0v) is 19.2. The largest absolute Gasteiger partial charge is 0.277 e. The monoisotopic (exact) mass is 470 g/mol. The molecule has 0 atom stereocenters. The van der Waals surface area contributed by atoms with Crippen molar-refractivity contribution in [3.05, 3.63) is 99.8 Å². The van der Waals surface area contributed by atoms with Crippen molar-refractivity contribution >= 4 is 34.1 Å².